The Hall–Kier alpha value is -4.99. The van der Waals surface area contributed by atoms with E-state index < -0.39 is 23.4 Å². The summed E-state index contributed by atoms with van der Waals surface area (Å²) in [6.07, 6.45) is 8.24. The van der Waals surface area contributed by atoms with Gasteiger partial charge in [-0.25, -0.2) is 0 Å². The van der Waals surface area contributed by atoms with E-state index in [9.17, 15) is 25.5 Å². The molecule has 0 fully saturated rings. The van der Waals surface area contributed by atoms with Gasteiger partial charge in [0, 0.05) is 54.4 Å². The second-order valence-electron chi connectivity index (χ2n) is 18.8. The normalized spacial score (nSPS) is 23.3. The van der Waals surface area contributed by atoms with Crippen molar-refractivity contribution in [2.24, 2.45) is 10.9 Å². The molecule has 8 N–H and O–H groups in total. The fraction of sp³-hybridized carbons (Fsp3) is 0.471. The highest BCUT2D eigenvalue weighted by molar-refractivity contribution is 5.89. The molecule has 5 aliphatic rings. The zero-order valence-electron chi connectivity index (χ0n) is 37.2. The Kier molecular flexibility index (Phi) is 12.5. The van der Waals surface area contributed by atoms with Gasteiger partial charge in [-0.2, -0.15) is 0 Å². The lowest BCUT2D eigenvalue weighted by atomic mass is 9.64. The summed E-state index contributed by atoms with van der Waals surface area (Å²) in [7, 11) is 1.84. The van der Waals surface area contributed by atoms with E-state index in [0.29, 0.717) is 75.6 Å². The van der Waals surface area contributed by atoms with Crippen LogP contribution in [-0.2, 0) is 24.0 Å². The summed E-state index contributed by atoms with van der Waals surface area (Å²) in [5, 5.41) is 65.9. The monoisotopic (exact) mass is 874 g/mol. The maximum Gasteiger partial charge on any atom is 0.161 e. The molecule has 0 radical (unpaired) electrons. The first-order valence-corrected chi connectivity index (χ1v) is 22.8. The quantitative estimate of drug-likeness (QED) is 0.0559. The van der Waals surface area contributed by atoms with Crippen LogP contribution in [0.15, 0.2) is 59.6 Å². The topological polar surface area (TPSA) is 187 Å². The number of nitrogens with zero attached hydrogens (tertiary/aromatic N) is 1. The van der Waals surface area contributed by atoms with E-state index in [4.69, 9.17) is 18.9 Å². The number of hydrogen-bond donors (Lipinski definition) is 8. The average molecular weight is 875 g/mol. The van der Waals surface area contributed by atoms with E-state index in [1.165, 1.54) is 5.56 Å². The molecule has 0 spiro atoms. The molecule has 64 heavy (non-hydrogen) atoms. The average Bonchev–Trinajstić information content (AvgIpc) is 3.76. The molecule has 4 aromatic rings. The maximum absolute atomic E-state index is 11.4. The summed E-state index contributed by atoms with van der Waals surface area (Å²) in [6.45, 7) is 7.70. The van der Waals surface area contributed by atoms with Crippen molar-refractivity contribution in [3.63, 3.8) is 0 Å². The van der Waals surface area contributed by atoms with Crippen LogP contribution in [0.2, 0.25) is 0 Å². The summed E-state index contributed by atoms with van der Waals surface area (Å²) >= 11 is 0. The van der Waals surface area contributed by atoms with Crippen molar-refractivity contribution < 1.29 is 44.5 Å². The molecule has 0 unspecified atom stereocenters. The van der Waals surface area contributed by atoms with Crippen LogP contribution in [0.5, 0.6) is 28.7 Å². The van der Waals surface area contributed by atoms with Crippen molar-refractivity contribution in [1.29, 1.82) is 0 Å². The molecular weight excluding hydrogens is 813 g/mol. The summed E-state index contributed by atoms with van der Waals surface area (Å²) in [4.78, 5) is 4.65. The highest BCUT2D eigenvalue weighted by Gasteiger charge is 2.51. The molecule has 0 saturated heterocycles. The molecule has 0 saturated carbocycles. The Morgan fingerprint density at radius 1 is 0.969 bits per heavy atom. The predicted molar refractivity (Wildman–Crippen MR) is 245 cm³/mol. The molecule has 0 bridgehead atoms. The van der Waals surface area contributed by atoms with Crippen LogP contribution in [0.1, 0.15) is 90.5 Å². The zero-order chi connectivity index (χ0) is 44.8. The number of benzene rings is 4. The molecule has 3 aliphatic heterocycles. The van der Waals surface area contributed by atoms with Crippen LogP contribution in [0.3, 0.4) is 0 Å². The number of aromatic hydroxyl groups is 2. The lowest BCUT2D eigenvalue weighted by Gasteiger charge is -2.48. The first-order chi connectivity index (χ1) is 30.9. The third-order valence-electron chi connectivity index (χ3n) is 13.5. The van der Waals surface area contributed by atoms with Crippen LogP contribution in [0, 0.1) is 5.92 Å². The van der Waals surface area contributed by atoms with E-state index in [-0.39, 0.29) is 55.6 Å². The second-order valence-corrected chi connectivity index (χ2v) is 18.8. The van der Waals surface area contributed by atoms with Crippen LogP contribution in [0.4, 0.5) is 0 Å². The Balaban J connectivity index is 1.20. The summed E-state index contributed by atoms with van der Waals surface area (Å²) in [5.41, 5.74) is 6.84. The van der Waals surface area contributed by atoms with Gasteiger partial charge in [0.25, 0.3) is 0 Å². The fourth-order valence-electron chi connectivity index (χ4n) is 10.9. The van der Waals surface area contributed by atoms with E-state index in [1.807, 2.05) is 26.1 Å². The number of fused-ring (bicyclic) bond motifs is 8. The lowest BCUT2D eigenvalue weighted by Crippen LogP contribution is -2.56. The number of nitrogens with one attached hydrogen (secondary N) is 3. The molecule has 0 amide bonds. The molecule has 9 rings (SSSR count). The lowest BCUT2D eigenvalue weighted by molar-refractivity contribution is -0.129. The molecular formula is C51H62N4O9. The van der Waals surface area contributed by atoms with E-state index >= 15 is 0 Å². The largest absolute Gasteiger partial charge is 0.507 e. The van der Waals surface area contributed by atoms with Crippen molar-refractivity contribution in [3.8, 4) is 39.9 Å². The first-order valence-electron chi connectivity index (χ1n) is 22.8. The van der Waals surface area contributed by atoms with Gasteiger partial charge in [-0.15, -0.1) is 0 Å². The summed E-state index contributed by atoms with van der Waals surface area (Å²) < 4.78 is 27.1. The van der Waals surface area contributed by atoms with Gasteiger partial charge >= 0.3 is 0 Å². The van der Waals surface area contributed by atoms with Gasteiger partial charge in [0.1, 0.15) is 35.6 Å². The molecule has 3 heterocycles. The smallest absolute Gasteiger partial charge is 0.161 e. The molecule has 6 atom stereocenters. The molecule has 340 valence electrons. The molecule has 13 nitrogen and oxygen atoms in total. The first kappa shape index (κ1) is 44.2. The maximum atomic E-state index is 11.4. The minimum absolute atomic E-state index is 0.000938. The molecule has 0 aromatic heterocycles. The summed E-state index contributed by atoms with van der Waals surface area (Å²) in [5.74, 6) is 2.11. The Labute approximate surface area is 374 Å². The molecule has 4 aromatic carbocycles. The Morgan fingerprint density at radius 3 is 2.59 bits per heavy atom. The number of ether oxygens (including phenoxy) is 4. The minimum atomic E-state index is -1.04. The van der Waals surface area contributed by atoms with Gasteiger partial charge in [0.05, 0.1) is 37.4 Å². The highest BCUT2D eigenvalue weighted by Crippen LogP contribution is 2.60. The number of allylic oxidation sites excluding steroid dienone is 1. The van der Waals surface area contributed by atoms with Crippen molar-refractivity contribution >= 4 is 12.2 Å². The minimum Gasteiger partial charge on any atom is -0.507 e. The van der Waals surface area contributed by atoms with Crippen LogP contribution >= 0.6 is 0 Å². The Morgan fingerprint density at radius 2 is 1.80 bits per heavy atom. The van der Waals surface area contributed by atoms with Crippen LogP contribution in [-0.4, -0.2) is 103 Å². The van der Waals surface area contributed by atoms with Gasteiger partial charge in [0.2, 0.25) is 0 Å². The van der Waals surface area contributed by atoms with Gasteiger partial charge in [0.15, 0.2) is 17.6 Å². The third-order valence-corrected chi connectivity index (χ3v) is 13.5. The highest BCUT2D eigenvalue weighted by atomic mass is 16.6. The van der Waals surface area contributed by atoms with Gasteiger partial charge in [-0.3, -0.25) is 10.3 Å². The van der Waals surface area contributed by atoms with Crippen molar-refractivity contribution in [1.82, 2.24) is 16.0 Å². The predicted octanol–water partition coefficient (Wildman–Crippen LogP) is 4.23. The second kappa shape index (κ2) is 18.1. The van der Waals surface area contributed by atoms with Crippen molar-refractivity contribution in [3.05, 3.63) is 104 Å². The van der Waals surface area contributed by atoms with Crippen molar-refractivity contribution in [2.75, 3.05) is 59.9 Å². The van der Waals surface area contributed by atoms with Crippen LogP contribution < -0.4 is 40.7 Å². The molecule has 2 aliphatic carbocycles. The van der Waals surface area contributed by atoms with Gasteiger partial charge in [-0.1, -0.05) is 50.3 Å². The number of phenolic OH excluding ortho intramolecular Hbond substituents is 2. The van der Waals surface area contributed by atoms with E-state index in [2.05, 4.69) is 71.2 Å². The number of aliphatic hydroxyl groups is 3. The standard InChI is InChI=1S/C51H62N4O9/c1-29(2)22-50(3,60)25-53-27-54-26-51(62-28-52-4)23-40-39-21-38-34(30-5-12-41-31(19-30)15-16-55-41)9-10-35-42(58)14-11-36(45(35)38)46(39)48-37(8-7-33(24-57)63-48)47(40)64-49(51)32-6-13-43(59)44(20-32)61-18-17-56/h5-6,9-15,19-20,29,33-34,38,49,52-54,56-60H,7-8,16-18,21-28H2,1-4H3/t33-,34+,38-,49+,50-,51-/m0/s1. The molecule has 13 heteroatoms. The van der Waals surface area contributed by atoms with Crippen LogP contribution in [0.25, 0.3) is 23.3 Å². The number of aliphatic hydroxyl groups excluding tert-OH is 2. The van der Waals surface area contributed by atoms with E-state index in [1.54, 1.807) is 18.2 Å². The van der Waals surface area contributed by atoms with Crippen molar-refractivity contribution in [2.45, 2.75) is 88.1 Å². The Bertz CT molecular complexity index is 2560. The SMILES string of the molecule is CNCO[C@]1(CNCNC[C@@](C)(O)CC(C)C)Cc2c3c(c4c(c2O[C@@H]1c1ccc(O)c(OCCO)c1)CC[C@@H](CO)O4)-c1ccc(O)c2c1[C@@H](C3)[C@@H](c1ccc3c(c1)=CCN=3)C=C2. The number of hydrogen-bond acceptors (Lipinski definition) is 13. The third kappa shape index (κ3) is 8.28. The van der Waals surface area contributed by atoms with Gasteiger partial charge in [-0.05, 0) is 115 Å². The fourth-order valence-corrected chi connectivity index (χ4v) is 10.9. The summed E-state index contributed by atoms with van der Waals surface area (Å²) in [6, 6.07) is 15.5. The number of rotatable bonds is 17. The number of phenols is 2. The zero-order valence-corrected chi connectivity index (χ0v) is 37.2. The van der Waals surface area contributed by atoms with E-state index in [0.717, 1.165) is 55.3 Å². The van der Waals surface area contributed by atoms with Gasteiger partial charge < -0.3 is 55.1 Å².